The minimum atomic E-state index is -0.673. The number of nitrogens with zero attached hydrogens (tertiary/aromatic N) is 3. The Morgan fingerprint density at radius 2 is 2.20 bits per heavy atom. The highest BCUT2D eigenvalue weighted by Crippen LogP contribution is 2.20. The predicted octanol–water partition coefficient (Wildman–Crippen LogP) is 1.39. The molecule has 0 atom stereocenters. The van der Waals surface area contributed by atoms with E-state index in [1.807, 2.05) is 0 Å². The highest BCUT2D eigenvalue weighted by Gasteiger charge is 2.07. The zero-order valence-corrected chi connectivity index (χ0v) is 7.59. The summed E-state index contributed by atoms with van der Waals surface area (Å²) >= 11 is 0. The van der Waals surface area contributed by atoms with Crippen molar-refractivity contribution in [1.29, 1.82) is 0 Å². The number of rotatable bonds is 2. The van der Waals surface area contributed by atoms with Gasteiger partial charge in [-0.1, -0.05) is 0 Å². The molecule has 0 aromatic carbocycles. The van der Waals surface area contributed by atoms with Gasteiger partial charge < -0.3 is 10.5 Å². The van der Waals surface area contributed by atoms with Crippen LogP contribution in [0.25, 0.3) is 0 Å². The molecular formula is C9H7FN4O. The van der Waals surface area contributed by atoms with Gasteiger partial charge in [0.1, 0.15) is 5.75 Å². The van der Waals surface area contributed by atoms with E-state index >= 15 is 0 Å². The van der Waals surface area contributed by atoms with E-state index in [0.717, 1.165) is 6.20 Å². The average Bonchev–Trinajstić information content (AvgIpc) is 2.25. The van der Waals surface area contributed by atoms with Crippen molar-refractivity contribution >= 4 is 5.95 Å². The van der Waals surface area contributed by atoms with E-state index in [1.54, 1.807) is 18.3 Å². The van der Waals surface area contributed by atoms with Gasteiger partial charge in [-0.15, -0.1) is 0 Å². The highest BCUT2D eigenvalue weighted by molar-refractivity contribution is 5.27. The van der Waals surface area contributed by atoms with Crippen LogP contribution in [-0.4, -0.2) is 15.0 Å². The largest absolute Gasteiger partial charge is 0.435 e. The van der Waals surface area contributed by atoms with E-state index in [2.05, 4.69) is 15.0 Å². The van der Waals surface area contributed by atoms with Gasteiger partial charge in [-0.25, -0.2) is 4.98 Å². The maximum absolute atomic E-state index is 13.1. The van der Waals surface area contributed by atoms with Crippen LogP contribution in [0.1, 0.15) is 0 Å². The second-order valence-electron chi connectivity index (χ2n) is 2.67. The van der Waals surface area contributed by atoms with Crippen LogP contribution in [0.5, 0.6) is 11.6 Å². The third-order valence-corrected chi connectivity index (χ3v) is 1.58. The quantitative estimate of drug-likeness (QED) is 0.803. The normalized spacial score (nSPS) is 9.93. The standard InChI is InChI=1S/C9H7FN4O/c10-7-5-13-9(11)14-8(7)15-6-2-1-3-12-4-6/h1-5H,(H2,11,13,14). The summed E-state index contributed by atoms with van der Waals surface area (Å²) in [7, 11) is 0. The summed E-state index contributed by atoms with van der Waals surface area (Å²) in [6.45, 7) is 0. The Labute approximate surface area is 84.8 Å². The second-order valence-corrected chi connectivity index (χ2v) is 2.67. The minimum absolute atomic E-state index is 0.0460. The van der Waals surface area contributed by atoms with Crippen LogP contribution in [0.2, 0.25) is 0 Å². The van der Waals surface area contributed by atoms with Crippen molar-refractivity contribution in [3.05, 3.63) is 36.5 Å². The lowest BCUT2D eigenvalue weighted by Crippen LogP contribution is -1.99. The molecule has 0 aliphatic rings. The monoisotopic (exact) mass is 206 g/mol. The summed E-state index contributed by atoms with van der Waals surface area (Å²) < 4.78 is 18.3. The van der Waals surface area contributed by atoms with Crippen molar-refractivity contribution < 1.29 is 9.13 Å². The maximum Gasteiger partial charge on any atom is 0.260 e. The Morgan fingerprint density at radius 1 is 1.33 bits per heavy atom. The van der Waals surface area contributed by atoms with Crippen LogP contribution >= 0.6 is 0 Å². The molecule has 0 saturated heterocycles. The van der Waals surface area contributed by atoms with E-state index < -0.39 is 5.82 Å². The molecule has 5 nitrogen and oxygen atoms in total. The number of halogens is 1. The molecule has 76 valence electrons. The SMILES string of the molecule is Nc1ncc(F)c(Oc2cccnc2)n1. The van der Waals surface area contributed by atoms with Gasteiger partial charge >= 0.3 is 0 Å². The number of nitrogens with two attached hydrogens (primary N) is 1. The van der Waals surface area contributed by atoms with Crippen molar-refractivity contribution in [3.8, 4) is 11.6 Å². The minimum Gasteiger partial charge on any atom is -0.435 e. The molecule has 0 unspecified atom stereocenters. The first-order valence-corrected chi connectivity index (χ1v) is 4.11. The predicted molar refractivity (Wildman–Crippen MR) is 50.7 cm³/mol. The first-order chi connectivity index (χ1) is 7.25. The maximum atomic E-state index is 13.1. The molecule has 0 spiro atoms. The first kappa shape index (κ1) is 9.32. The Kier molecular flexibility index (Phi) is 2.40. The third kappa shape index (κ3) is 2.16. The summed E-state index contributed by atoms with van der Waals surface area (Å²) in [5, 5.41) is 0. The van der Waals surface area contributed by atoms with Crippen molar-refractivity contribution in [3.63, 3.8) is 0 Å². The molecule has 15 heavy (non-hydrogen) atoms. The van der Waals surface area contributed by atoms with E-state index in [9.17, 15) is 4.39 Å². The van der Waals surface area contributed by atoms with Crippen molar-refractivity contribution in [2.75, 3.05) is 5.73 Å². The molecule has 0 aliphatic carbocycles. The fourth-order valence-electron chi connectivity index (χ4n) is 0.955. The van der Waals surface area contributed by atoms with Gasteiger partial charge in [-0.2, -0.15) is 9.37 Å². The molecule has 2 N–H and O–H groups in total. The van der Waals surface area contributed by atoms with Crippen molar-refractivity contribution in [2.45, 2.75) is 0 Å². The molecule has 2 aromatic heterocycles. The average molecular weight is 206 g/mol. The van der Waals surface area contributed by atoms with Gasteiger partial charge in [-0.3, -0.25) is 4.98 Å². The summed E-state index contributed by atoms with van der Waals surface area (Å²) in [6, 6.07) is 3.29. The third-order valence-electron chi connectivity index (χ3n) is 1.58. The van der Waals surface area contributed by atoms with Gasteiger partial charge in [-0.05, 0) is 12.1 Å². The number of nitrogen functional groups attached to an aromatic ring is 1. The molecule has 0 aliphatic heterocycles. The number of pyridine rings is 1. The van der Waals surface area contributed by atoms with Crippen LogP contribution in [0.3, 0.4) is 0 Å². The van der Waals surface area contributed by atoms with Crippen LogP contribution in [0.4, 0.5) is 10.3 Å². The zero-order valence-electron chi connectivity index (χ0n) is 7.59. The molecular weight excluding hydrogens is 199 g/mol. The Balaban J connectivity index is 2.28. The van der Waals surface area contributed by atoms with Crippen molar-refractivity contribution in [2.24, 2.45) is 0 Å². The molecule has 2 aromatic rings. The Hall–Kier alpha value is -2.24. The van der Waals surface area contributed by atoms with Gasteiger partial charge in [0.25, 0.3) is 5.88 Å². The lowest BCUT2D eigenvalue weighted by atomic mass is 10.5. The van der Waals surface area contributed by atoms with E-state index in [1.165, 1.54) is 6.20 Å². The van der Waals surface area contributed by atoms with Gasteiger partial charge in [0.05, 0.1) is 12.4 Å². The zero-order chi connectivity index (χ0) is 10.7. The molecule has 0 radical (unpaired) electrons. The smallest absolute Gasteiger partial charge is 0.260 e. The molecule has 2 rings (SSSR count). The summed E-state index contributed by atoms with van der Waals surface area (Å²) in [5.41, 5.74) is 5.30. The van der Waals surface area contributed by atoms with E-state index in [0.29, 0.717) is 5.75 Å². The number of aromatic nitrogens is 3. The Morgan fingerprint density at radius 3 is 2.93 bits per heavy atom. The molecule has 0 amide bonds. The lowest BCUT2D eigenvalue weighted by molar-refractivity contribution is 0.419. The number of hydrogen-bond donors (Lipinski definition) is 1. The first-order valence-electron chi connectivity index (χ1n) is 4.11. The summed E-state index contributed by atoms with van der Waals surface area (Å²) in [5.74, 6) is -0.548. The van der Waals surface area contributed by atoms with E-state index in [-0.39, 0.29) is 11.8 Å². The number of ether oxygens (including phenoxy) is 1. The van der Waals surface area contributed by atoms with Gasteiger partial charge in [0, 0.05) is 6.20 Å². The van der Waals surface area contributed by atoms with Crippen LogP contribution in [0, 0.1) is 5.82 Å². The summed E-state index contributed by atoms with van der Waals surface area (Å²) in [4.78, 5) is 10.9. The van der Waals surface area contributed by atoms with Gasteiger partial charge in [0.15, 0.2) is 0 Å². The number of hydrogen-bond acceptors (Lipinski definition) is 5. The molecule has 0 bridgehead atoms. The van der Waals surface area contributed by atoms with Crippen molar-refractivity contribution in [1.82, 2.24) is 15.0 Å². The molecule has 2 heterocycles. The molecule has 6 heteroatoms. The fourth-order valence-corrected chi connectivity index (χ4v) is 0.955. The second kappa shape index (κ2) is 3.87. The molecule has 0 fully saturated rings. The fraction of sp³-hybridized carbons (Fsp3) is 0. The van der Waals surface area contributed by atoms with Gasteiger partial charge in [0.2, 0.25) is 11.8 Å². The topological polar surface area (TPSA) is 73.9 Å². The van der Waals surface area contributed by atoms with Crippen LogP contribution in [-0.2, 0) is 0 Å². The number of anilines is 1. The van der Waals surface area contributed by atoms with Crippen LogP contribution < -0.4 is 10.5 Å². The highest BCUT2D eigenvalue weighted by atomic mass is 19.1. The van der Waals surface area contributed by atoms with E-state index in [4.69, 9.17) is 10.5 Å². The molecule has 0 saturated carbocycles. The van der Waals surface area contributed by atoms with Crippen LogP contribution in [0.15, 0.2) is 30.7 Å². The lowest BCUT2D eigenvalue weighted by Gasteiger charge is -2.04. The Bertz CT molecular complexity index is 463. The summed E-state index contributed by atoms with van der Waals surface area (Å²) in [6.07, 6.45) is 3.98.